The van der Waals surface area contributed by atoms with E-state index < -0.39 is 5.82 Å². The maximum absolute atomic E-state index is 13.5. The molecule has 1 atom stereocenters. The Labute approximate surface area is 121 Å². The standard InChI is InChI=1S/C13H16Cl2FNS/c1-8(17-9-2-4-18-5-3-9)10-6-13(16)12(15)7-11(10)14/h6-9,17H,2-5H2,1H3. The van der Waals surface area contributed by atoms with Gasteiger partial charge in [-0.15, -0.1) is 0 Å². The van der Waals surface area contributed by atoms with Crippen LogP contribution < -0.4 is 5.32 Å². The number of rotatable bonds is 3. The summed E-state index contributed by atoms with van der Waals surface area (Å²) < 4.78 is 13.5. The average Bonchev–Trinajstić information content (AvgIpc) is 2.35. The molecule has 0 spiro atoms. The summed E-state index contributed by atoms with van der Waals surface area (Å²) in [7, 11) is 0. The molecule has 100 valence electrons. The van der Waals surface area contributed by atoms with Crippen LogP contribution in [0.3, 0.4) is 0 Å². The van der Waals surface area contributed by atoms with E-state index in [1.165, 1.54) is 23.6 Å². The Morgan fingerprint density at radius 3 is 2.61 bits per heavy atom. The topological polar surface area (TPSA) is 12.0 Å². The molecule has 1 saturated heterocycles. The molecule has 0 amide bonds. The van der Waals surface area contributed by atoms with Gasteiger partial charge in [0.1, 0.15) is 5.82 Å². The summed E-state index contributed by atoms with van der Waals surface area (Å²) in [5.41, 5.74) is 0.775. The molecule has 1 fully saturated rings. The minimum absolute atomic E-state index is 0.0392. The lowest BCUT2D eigenvalue weighted by Gasteiger charge is -2.27. The number of halogens is 3. The molecule has 0 aliphatic carbocycles. The van der Waals surface area contributed by atoms with Crippen LogP contribution in [0.1, 0.15) is 31.4 Å². The Hall–Kier alpha value is 0.0400. The molecule has 0 radical (unpaired) electrons. The summed E-state index contributed by atoms with van der Waals surface area (Å²) in [6, 6.07) is 3.44. The number of hydrogen-bond acceptors (Lipinski definition) is 2. The first-order valence-corrected chi connectivity index (χ1v) is 7.97. The third-order valence-corrected chi connectivity index (χ3v) is 4.88. The third kappa shape index (κ3) is 3.53. The zero-order valence-electron chi connectivity index (χ0n) is 10.2. The summed E-state index contributed by atoms with van der Waals surface area (Å²) in [5, 5.41) is 4.11. The molecule has 1 aliphatic heterocycles. The quantitative estimate of drug-likeness (QED) is 0.814. The van der Waals surface area contributed by atoms with Gasteiger partial charge in [0.15, 0.2) is 0 Å². The molecular weight excluding hydrogens is 292 g/mol. The SMILES string of the molecule is CC(NC1CCSCC1)c1cc(F)c(Cl)cc1Cl. The number of nitrogens with one attached hydrogen (secondary N) is 1. The van der Waals surface area contributed by atoms with Crippen molar-refractivity contribution in [2.24, 2.45) is 0 Å². The summed E-state index contributed by atoms with van der Waals surface area (Å²) in [6.45, 7) is 2.01. The molecule has 0 bridgehead atoms. The molecule has 1 N–H and O–H groups in total. The molecule has 5 heteroatoms. The molecule has 0 saturated carbocycles. The summed E-state index contributed by atoms with van der Waals surface area (Å²) in [6.07, 6.45) is 2.31. The van der Waals surface area contributed by atoms with Crippen LogP contribution >= 0.6 is 35.0 Å². The molecule has 1 unspecified atom stereocenters. The lowest BCUT2D eigenvalue weighted by molar-refractivity contribution is 0.430. The van der Waals surface area contributed by atoms with Crippen LogP contribution in [0.2, 0.25) is 10.0 Å². The summed E-state index contributed by atoms with van der Waals surface area (Å²) in [5.74, 6) is 1.96. The highest BCUT2D eigenvalue weighted by Gasteiger charge is 2.19. The second-order valence-corrected chi connectivity index (χ2v) is 6.60. The lowest BCUT2D eigenvalue weighted by Crippen LogP contribution is -2.34. The van der Waals surface area contributed by atoms with Crippen molar-refractivity contribution in [2.45, 2.75) is 31.8 Å². The molecule has 0 aromatic heterocycles. The first-order chi connectivity index (χ1) is 8.58. The number of hydrogen-bond donors (Lipinski definition) is 1. The normalized spacial score (nSPS) is 18.9. The fourth-order valence-corrected chi connectivity index (χ4v) is 3.83. The van der Waals surface area contributed by atoms with E-state index in [9.17, 15) is 4.39 Å². The minimum atomic E-state index is -0.413. The van der Waals surface area contributed by atoms with Crippen molar-refractivity contribution in [2.75, 3.05) is 11.5 Å². The van der Waals surface area contributed by atoms with Crippen LogP contribution in [-0.4, -0.2) is 17.5 Å². The van der Waals surface area contributed by atoms with Crippen LogP contribution in [0.5, 0.6) is 0 Å². The van der Waals surface area contributed by atoms with Gasteiger partial charge in [0, 0.05) is 17.1 Å². The van der Waals surface area contributed by atoms with Crippen LogP contribution in [0.15, 0.2) is 12.1 Å². The van der Waals surface area contributed by atoms with Gasteiger partial charge < -0.3 is 5.32 Å². The Kier molecular flexibility index (Phi) is 5.19. The van der Waals surface area contributed by atoms with Gasteiger partial charge in [-0.1, -0.05) is 23.2 Å². The average molecular weight is 308 g/mol. The smallest absolute Gasteiger partial charge is 0.142 e. The van der Waals surface area contributed by atoms with Crippen molar-refractivity contribution in [1.29, 1.82) is 0 Å². The van der Waals surface area contributed by atoms with E-state index in [1.807, 2.05) is 18.7 Å². The lowest BCUT2D eigenvalue weighted by atomic mass is 10.0. The minimum Gasteiger partial charge on any atom is -0.307 e. The first-order valence-electron chi connectivity index (χ1n) is 6.06. The Bertz CT molecular complexity index is 422. The van der Waals surface area contributed by atoms with Gasteiger partial charge in [-0.25, -0.2) is 4.39 Å². The van der Waals surface area contributed by atoms with Crippen LogP contribution in [0.4, 0.5) is 4.39 Å². The predicted octanol–water partition coefficient (Wildman–Crippen LogP) is 4.68. The van der Waals surface area contributed by atoms with Crippen LogP contribution in [0, 0.1) is 5.82 Å². The largest absolute Gasteiger partial charge is 0.307 e. The van der Waals surface area contributed by atoms with E-state index in [0.717, 1.165) is 18.4 Å². The van der Waals surface area contributed by atoms with E-state index in [4.69, 9.17) is 23.2 Å². The number of thioether (sulfide) groups is 1. The Morgan fingerprint density at radius 1 is 1.28 bits per heavy atom. The summed E-state index contributed by atoms with van der Waals surface area (Å²) >= 11 is 13.8. The van der Waals surface area contributed by atoms with E-state index in [-0.39, 0.29) is 11.1 Å². The number of benzene rings is 1. The highest BCUT2D eigenvalue weighted by Crippen LogP contribution is 2.29. The van der Waals surface area contributed by atoms with Crippen LogP contribution in [0.25, 0.3) is 0 Å². The van der Waals surface area contributed by atoms with Crippen molar-refractivity contribution in [3.63, 3.8) is 0 Å². The molecule has 1 aliphatic rings. The zero-order chi connectivity index (χ0) is 13.1. The van der Waals surface area contributed by atoms with E-state index in [0.29, 0.717) is 11.1 Å². The van der Waals surface area contributed by atoms with E-state index >= 15 is 0 Å². The zero-order valence-corrected chi connectivity index (χ0v) is 12.5. The third-order valence-electron chi connectivity index (χ3n) is 3.21. The first kappa shape index (κ1) is 14.4. The van der Waals surface area contributed by atoms with Crippen molar-refractivity contribution in [1.82, 2.24) is 5.32 Å². The molecular formula is C13H16Cl2FNS. The maximum Gasteiger partial charge on any atom is 0.142 e. The van der Waals surface area contributed by atoms with Gasteiger partial charge in [0.05, 0.1) is 5.02 Å². The second kappa shape index (κ2) is 6.47. The molecule has 2 rings (SSSR count). The van der Waals surface area contributed by atoms with Crippen molar-refractivity contribution < 1.29 is 4.39 Å². The van der Waals surface area contributed by atoms with Gasteiger partial charge in [0.2, 0.25) is 0 Å². The van der Waals surface area contributed by atoms with Crippen LogP contribution in [-0.2, 0) is 0 Å². The Morgan fingerprint density at radius 2 is 1.94 bits per heavy atom. The fraction of sp³-hybridized carbons (Fsp3) is 0.538. The highest BCUT2D eigenvalue weighted by atomic mass is 35.5. The monoisotopic (exact) mass is 307 g/mol. The van der Waals surface area contributed by atoms with Gasteiger partial charge >= 0.3 is 0 Å². The van der Waals surface area contributed by atoms with E-state index in [2.05, 4.69) is 5.32 Å². The molecule has 1 heterocycles. The summed E-state index contributed by atoms with van der Waals surface area (Å²) in [4.78, 5) is 0. The van der Waals surface area contributed by atoms with Gasteiger partial charge in [-0.3, -0.25) is 0 Å². The predicted molar refractivity (Wildman–Crippen MR) is 78.3 cm³/mol. The molecule has 1 aromatic rings. The maximum atomic E-state index is 13.5. The van der Waals surface area contributed by atoms with Crippen molar-refractivity contribution >= 4 is 35.0 Å². The van der Waals surface area contributed by atoms with Gasteiger partial charge in [0.25, 0.3) is 0 Å². The molecule has 18 heavy (non-hydrogen) atoms. The van der Waals surface area contributed by atoms with Crippen molar-refractivity contribution in [3.8, 4) is 0 Å². The van der Waals surface area contributed by atoms with Gasteiger partial charge in [-0.2, -0.15) is 11.8 Å². The van der Waals surface area contributed by atoms with Crippen molar-refractivity contribution in [3.05, 3.63) is 33.6 Å². The Balaban J connectivity index is 2.08. The fourth-order valence-electron chi connectivity index (χ4n) is 2.18. The molecule has 1 nitrogen and oxygen atoms in total. The molecule has 1 aromatic carbocycles. The highest BCUT2D eigenvalue weighted by molar-refractivity contribution is 7.99. The van der Waals surface area contributed by atoms with Gasteiger partial charge in [-0.05, 0) is 49.0 Å². The second-order valence-electron chi connectivity index (χ2n) is 4.56. The van der Waals surface area contributed by atoms with E-state index in [1.54, 1.807) is 0 Å².